The Morgan fingerprint density at radius 1 is 0.943 bits per heavy atom. The lowest BCUT2D eigenvalue weighted by Gasteiger charge is -2.35. The van der Waals surface area contributed by atoms with Crippen molar-refractivity contribution in [1.82, 2.24) is 24.4 Å². The van der Waals surface area contributed by atoms with E-state index in [1.165, 1.54) is 0 Å². The summed E-state index contributed by atoms with van der Waals surface area (Å²) in [4.78, 5) is 41.6. The van der Waals surface area contributed by atoms with E-state index in [-0.39, 0.29) is 11.6 Å². The van der Waals surface area contributed by atoms with E-state index in [0.717, 1.165) is 35.3 Å². The van der Waals surface area contributed by atoms with Gasteiger partial charge in [0.05, 0.1) is 36.9 Å². The Morgan fingerprint density at radius 3 is 2.54 bits per heavy atom. The molecule has 5 rings (SSSR count). The molecule has 0 aliphatic carbocycles. The minimum atomic E-state index is -0.555. The number of piperazine rings is 1. The summed E-state index contributed by atoms with van der Waals surface area (Å²) in [7, 11) is 0. The van der Waals surface area contributed by atoms with Crippen LogP contribution in [0.1, 0.15) is 16.9 Å². The van der Waals surface area contributed by atoms with Crippen LogP contribution in [0.15, 0.2) is 54.9 Å². The van der Waals surface area contributed by atoms with Crippen LogP contribution in [0.2, 0.25) is 0 Å². The van der Waals surface area contributed by atoms with Gasteiger partial charge in [0.25, 0.3) is 5.91 Å². The van der Waals surface area contributed by atoms with Crippen LogP contribution in [0.4, 0.5) is 5.82 Å². The summed E-state index contributed by atoms with van der Waals surface area (Å²) in [5.41, 5.74) is 8.00. The van der Waals surface area contributed by atoms with Gasteiger partial charge in [0.15, 0.2) is 0 Å². The van der Waals surface area contributed by atoms with Crippen LogP contribution in [0.25, 0.3) is 22.1 Å². The number of primary amides is 1. The van der Waals surface area contributed by atoms with Crippen molar-refractivity contribution in [2.45, 2.75) is 13.0 Å². The van der Waals surface area contributed by atoms with E-state index in [1.54, 1.807) is 12.3 Å². The molecule has 1 saturated heterocycles. The van der Waals surface area contributed by atoms with Crippen molar-refractivity contribution in [2.24, 2.45) is 5.73 Å². The van der Waals surface area contributed by atoms with Gasteiger partial charge in [-0.3, -0.25) is 14.6 Å². The number of hydrogen-bond acceptors (Lipinski definition) is 7. The first-order valence-corrected chi connectivity index (χ1v) is 11.7. The number of rotatable bonds is 8. The summed E-state index contributed by atoms with van der Waals surface area (Å²) in [6, 6.07) is 13.2. The fourth-order valence-electron chi connectivity index (χ4n) is 4.25. The molecule has 0 bridgehead atoms. The normalized spacial score (nSPS) is 14.1. The van der Waals surface area contributed by atoms with Gasteiger partial charge >= 0.3 is 0 Å². The predicted molar refractivity (Wildman–Crippen MR) is 132 cm³/mol. The van der Waals surface area contributed by atoms with Gasteiger partial charge in [-0.1, -0.05) is 12.1 Å². The SMILES string of the molecule is NC(=O)c1ccc2ccn(CCOCCC(=O)N3CCN(c4cnc5ccccc5n4)CC3)c2n1. The summed E-state index contributed by atoms with van der Waals surface area (Å²) >= 11 is 0. The van der Waals surface area contributed by atoms with Crippen molar-refractivity contribution in [3.05, 3.63) is 60.6 Å². The highest BCUT2D eigenvalue weighted by Gasteiger charge is 2.22. The first-order valence-electron chi connectivity index (χ1n) is 11.7. The van der Waals surface area contributed by atoms with Crippen molar-refractivity contribution in [1.29, 1.82) is 0 Å². The molecule has 1 aliphatic heterocycles. The standard InChI is InChI=1S/C25H27N7O3/c26-24(34)21-6-5-18-7-9-32(25(18)29-21)14-16-35-15-8-23(33)31-12-10-30(11-13-31)22-17-27-19-3-1-2-4-20(19)28-22/h1-7,9,17H,8,10-16H2,(H2,26,34). The number of hydrogen-bond donors (Lipinski definition) is 1. The third-order valence-electron chi connectivity index (χ3n) is 6.19. The Kier molecular flexibility index (Phi) is 6.53. The summed E-state index contributed by atoms with van der Waals surface area (Å²) < 4.78 is 7.63. The van der Waals surface area contributed by atoms with Crippen molar-refractivity contribution < 1.29 is 14.3 Å². The molecule has 0 atom stereocenters. The number of nitrogens with zero attached hydrogens (tertiary/aromatic N) is 6. The Bertz CT molecular complexity index is 1360. The number of nitrogens with two attached hydrogens (primary N) is 1. The van der Waals surface area contributed by atoms with Crippen LogP contribution >= 0.6 is 0 Å². The molecule has 35 heavy (non-hydrogen) atoms. The van der Waals surface area contributed by atoms with Gasteiger partial charge in [-0.15, -0.1) is 0 Å². The number of benzene rings is 1. The maximum Gasteiger partial charge on any atom is 0.267 e. The summed E-state index contributed by atoms with van der Waals surface area (Å²) in [5.74, 6) is 0.378. The third kappa shape index (κ3) is 5.07. The van der Waals surface area contributed by atoms with E-state index >= 15 is 0 Å². The first-order chi connectivity index (χ1) is 17.1. The highest BCUT2D eigenvalue weighted by Crippen LogP contribution is 2.17. The number of fused-ring (bicyclic) bond motifs is 2. The number of para-hydroxylation sites is 2. The number of carbonyl (C=O) groups excluding carboxylic acids is 2. The van der Waals surface area contributed by atoms with Gasteiger partial charge in [-0.05, 0) is 30.3 Å². The van der Waals surface area contributed by atoms with Crippen LogP contribution in [0.5, 0.6) is 0 Å². The van der Waals surface area contributed by atoms with Gasteiger partial charge in [-0.25, -0.2) is 9.97 Å². The number of ether oxygens (including phenoxy) is 1. The molecule has 180 valence electrons. The number of pyridine rings is 1. The average Bonchev–Trinajstić information content (AvgIpc) is 3.30. The molecule has 10 heteroatoms. The van der Waals surface area contributed by atoms with Crippen molar-refractivity contribution >= 4 is 39.7 Å². The second-order valence-corrected chi connectivity index (χ2v) is 8.43. The third-order valence-corrected chi connectivity index (χ3v) is 6.19. The zero-order chi connectivity index (χ0) is 24.2. The van der Waals surface area contributed by atoms with Crippen molar-refractivity contribution in [3.63, 3.8) is 0 Å². The van der Waals surface area contributed by atoms with E-state index in [4.69, 9.17) is 15.5 Å². The van der Waals surface area contributed by atoms with Crippen LogP contribution in [0, 0.1) is 0 Å². The lowest BCUT2D eigenvalue weighted by atomic mass is 10.2. The molecule has 0 saturated carbocycles. The quantitative estimate of drug-likeness (QED) is 0.388. The molecule has 4 aromatic rings. The summed E-state index contributed by atoms with van der Waals surface area (Å²) in [5, 5.41) is 0.930. The Hall–Kier alpha value is -4.05. The largest absolute Gasteiger partial charge is 0.379 e. The van der Waals surface area contributed by atoms with Gasteiger partial charge in [0.1, 0.15) is 17.2 Å². The molecule has 10 nitrogen and oxygen atoms in total. The van der Waals surface area contributed by atoms with Crippen molar-refractivity contribution in [2.75, 3.05) is 44.3 Å². The highest BCUT2D eigenvalue weighted by molar-refractivity contribution is 5.93. The van der Waals surface area contributed by atoms with E-state index in [9.17, 15) is 9.59 Å². The summed E-state index contributed by atoms with van der Waals surface area (Å²) in [6.07, 6.45) is 4.04. The Morgan fingerprint density at radius 2 is 1.74 bits per heavy atom. The second kappa shape index (κ2) is 10.1. The van der Waals surface area contributed by atoms with Gasteiger partial charge in [0.2, 0.25) is 5.91 Å². The summed E-state index contributed by atoms with van der Waals surface area (Å²) in [6.45, 7) is 4.11. The Balaban J connectivity index is 1.06. The molecular formula is C25H27N7O3. The predicted octanol–water partition coefficient (Wildman–Crippen LogP) is 1.83. The van der Waals surface area contributed by atoms with Crippen LogP contribution in [0.3, 0.4) is 0 Å². The van der Waals surface area contributed by atoms with Crippen molar-refractivity contribution in [3.8, 4) is 0 Å². The lowest BCUT2D eigenvalue weighted by molar-refractivity contribution is -0.132. The number of aromatic nitrogens is 4. The lowest BCUT2D eigenvalue weighted by Crippen LogP contribution is -2.49. The smallest absolute Gasteiger partial charge is 0.267 e. The fraction of sp³-hybridized carbons (Fsp3) is 0.320. The molecule has 1 fully saturated rings. The maximum atomic E-state index is 12.6. The number of amides is 2. The maximum absolute atomic E-state index is 12.6. The Labute approximate surface area is 202 Å². The van der Waals surface area contributed by atoms with Gasteiger partial charge in [0, 0.05) is 44.3 Å². The topological polar surface area (TPSA) is 119 Å². The van der Waals surface area contributed by atoms with E-state index in [2.05, 4.69) is 14.9 Å². The minimum absolute atomic E-state index is 0.0911. The molecule has 2 amide bonds. The molecule has 0 radical (unpaired) electrons. The fourth-order valence-corrected chi connectivity index (χ4v) is 4.25. The molecule has 0 unspecified atom stereocenters. The van der Waals surface area contributed by atoms with Crippen LogP contribution < -0.4 is 10.6 Å². The molecule has 1 aromatic carbocycles. The average molecular weight is 474 g/mol. The monoisotopic (exact) mass is 473 g/mol. The van der Waals surface area contributed by atoms with E-state index in [1.807, 2.05) is 52.1 Å². The minimum Gasteiger partial charge on any atom is -0.379 e. The molecule has 1 aliphatic rings. The van der Waals surface area contributed by atoms with E-state index in [0.29, 0.717) is 44.9 Å². The zero-order valence-electron chi connectivity index (χ0n) is 19.3. The number of carbonyl (C=O) groups is 2. The van der Waals surface area contributed by atoms with E-state index < -0.39 is 5.91 Å². The molecule has 4 heterocycles. The van der Waals surface area contributed by atoms with Gasteiger partial charge in [-0.2, -0.15) is 0 Å². The molecule has 2 N–H and O–H groups in total. The first kappa shape index (κ1) is 22.7. The second-order valence-electron chi connectivity index (χ2n) is 8.43. The van der Waals surface area contributed by atoms with Crippen LogP contribution in [-0.4, -0.2) is 75.6 Å². The molecule has 3 aromatic heterocycles. The van der Waals surface area contributed by atoms with Crippen LogP contribution in [-0.2, 0) is 16.1 Å². The number of anilines is 1. The molecule has 0 spiro atoms. The van der Waals surface area contributed by atoms with Gasteiger partial charge < -0.3 is 24.8 Å². The highest BCUT2D eigenvalue weighted by atomic mass is 16.5. The molecular weight excluding hydrogens is 446 g/mol. The zero-order valence-corrected chi connectivity index (χ0v) is 19.3.